The smallest absolute Gasteiger partial charge is 0.00997 e. The molecule has 0 saturated heterocycles. The summed E-state index contributed by atoms with van der Waals surface area (Å²) in [5, 5.41) is 0. The highest BCUT2D eigenvalue weighted by molar-refractivity contribution is 4.44. The highest BCUT2D eigenvalue weighted by Gasteiger charge is 1.86. The number of hydrazine groups is 1. The zero-order chi connectivity index (χ0) is 8.36. The summed E-state index contributed by atoms with van der Waals surface area (Å²) in [5.74, 6) is 0. The largest absolute Gasteiger partial charge is 0.258 e. The van der Waals surface area contributed by atoms with Gasteiger partial charge < -0.3 is 0 Å². The molecular formula is C9H22N2. The maximum Gasteiger partial charge on any atom is 0.00997 e. The van der Waals surface area contributed by atoms with Crippen LogP contribution in [-0.2, 0) is 0 Å². The van der Waals surface area contributed by atoms with E-state index in [4.69, 9.17) is 0 Å². The van der Waals surface area contributed by atoms with Gasteiger partial charge in [0.25, 0.3) is 0 Å². The first-order valence-corrected chi connectivity index (χ1v) is 4.87. The molecule has 0 aromatic carbocycles. The topological polar surface area (TPSA) is 24.1 Å². The molecule has 0 amide bonds. The Labute approximate surface area is 70.7 Å². The summed E-state index contributed by atoms with van der Waals surface area (Å²) in [6.45, 7) is 6.60. The van der Waals surface area contributed by atoms with E-state index >= 15 is 0 Å². The van der Waals surface area contributed by atoms with Crippen LogP contribution in [0.5, 0.6) is 0 Å². The van der Waals surface area contributed by atoms with Gasteiger partial charge in [0.05, 0.1) is 0 Å². The van der Waals surface area contributed by atoms with Gasteiger partial charge in [0.1, 0.15) is 0 Å². The lowest BCUT2D eigenvalue weighted by molar-refractivity contribution is 0.504. The van der Waals surface area contributed by atoms with Crippen LogP contribution in [0, 0.1) is 0 Å². The Hall–Kier alpha value is -0.0800. The van der Waals surface area contributed by atoms with E-state index in [0.29, 0.717) is 0 Å². The molecule has 0 aliphatic rings. The van der Waals surface area contributed by atoms with Crippen LogP contribution < -0.4 is 10.9 Å². The van der Waals surface area contributed by atoms with E-state index < -0.39 is 0 Å². The van der Waals surface area contributed by atoms with Crippen LogP contribution in [0.2, 0.25) is 0 Å². The predicted molar refractivity (Wildman–Crippen MR) is 50.4 cm³/mol. The van der Waals surface area contributed by atoms with Gasteiger partial charge in [-0.1, -0.05) is 33.1 Å². The molecule has 0 fully saturated rings. The molecule has 0 aromatic rings. The third kappa shape index (κ3) is 9.92. The average molecular weight is 158 g/mol. The van der Waals surface area contributed by atoms with E-state index in [-0.39, 0.29) is 0 Å². The lowest BCUT2D eigenvalue weighted by atomic mass is 10.2. The van der Waals surface area contributed by atoms with Crippen LogP contribution in [0.4, 0.5) is 0 Å². The maximum atomic E-state index is 3.20. The van der Waals surface area contributed by atoms with Gasteiger partial charge in [-0.15, -0.1) is 0 Å². The number of rotatable bonds is 8. The summed E-state index contributed by atoms with van der Waals surface area (Å²) in [4.78, 5) is 0. The summed E-state index contributed by atoms with van der Waals surface area (Å²) in [6.07, 6.45) is 6.54. The minimum absolute atomic E-state index is 1.08. The van der Waals surface area contributed by atoms with Crippen LogP contribution in [0.15, 0.2) is 0 Å². The summed E-state index contributed by atoms with van der Waals surface area (Å²) in [6, 6.07) is 0. The molecule has 0 atom stereocenters. The van der Waals surface area contributed by atoms with Crippen molar-refractivity contribution in [2.45, 2.75) is 46.0 Å². The fourth-order valence-corrected chi connectivity index (χ4v) is 0.942. The van der Waals surface area contributed by atoms with E-state index in [9.17, 15) is 0 Å². The standard InChI is InChI=1S/C9H22N2/c1-3-5-6-7-9-11-10-8-4-2/h10-11H,3-9H2,1-2H3. The minimum atomic E-state index is 1.08. The monoisotopic (exact) mass is 158 g/mol. The van der Waals surface area contributed by atoms with Crippen molar-refractivity contribution in [1.29, 1.82) is 0 Å². The first kappa shape index (κ1) is 10.9. The molecule has 0 heterocycles. The molecule has 0 spiro atoms. The van der Waals surface area contributed by atoms with E-state index in [1.165, 1.54) is 32.1 Å². The second-order valence-electron chi connectivity index (χ2n) is 2.91. The SMILES string of the molecule is CCCCCCNNCCC. The van der Waals surface area contributed by atoms with Gasteiger partial charge in [0, 0.05) is 13.1 Å². The van der Waals surface area contributed by atoms with Gasteiger partial charge in [-0.2, -0.15) is 0 Å². The molecule has 0 aromatic heterocycles. The van der Waals surface area contributed by atoms with Crippen molar-refractivity contribution in [3.8, 4) is 0 Å². The molecule has 0 unspecified atom stereocenters. The van der Waals surface area contributed by atoms with Gasteiger partial charge in [0.15, 0.2) is 0 Å². The van der Waals surface area contributed by atoms with Gasteiger partial charge in [0.2, 0.25) is 0 Å². The Balaban J connectivity index is 2.69. The molecule has 68 valence electrons. The second kappa shape index (κ2) is 9.92. The minimum Gasteiger partial charge on any atom is -0.258 e. The zero-order valence-corrected chi connectivity index (χ0v) is 7.95. The van der Waals surface area contributed by atoms with E-state index in [2.05, 4.69) is 24.7 Å². The third-order valence-corrected chi connectivity index (χ3v) is 1.66. The first-order valence-electron chi connectivity index (χ1n) is 4.87. The molecule has 0 aliphatic carbocycles. The van der Waals surface area contributed by atoms with Crippen molar-refractivity contribution < 1.29 is 0 Å². The molecule has 2 nitrogen and oxygen atoms in total. The fourth-order valence-electron chi connectivity index (χ4n) is 0.942. The van der Waals surface area contributed by atoms with Crippen molar-refractivity contribution >= 4 is 0 Å². The van der Waals surface area contributed by atoms with Crippen LogP contribution in [0.25, 0.3) is 0 Å². The zero-order valence-electron chi connectivity index (χ0n) is 7.95. The highest BCUT2D eigenvalue weighted by Crippen LogP contribution is 1.96. The summed E-state index contributed by atoms with van der Waals surface area (Å²) in [7, 11) is 0. The molecule has 2 heteroatoms. The second-order valence-corrected chi connectivity index (χ2v) is 2.91. The third-order valence-electron chi connectivity index (χ3n) is 1.66. The Morgan fingerprint density at radius 1 is 0.727 bits per heavy atom. The fraction of sp³-hybridized carbons (Fsp3) is 1.00. The van der Waals surface area contributed by atoms with Gasteiger partial charge in [-0.05, 0) is 12.8 Å². The number of hydrogen-bond donors (Lipinski definition) is 2. The Morgan fingerprint density at radius 2 is 1.45 bits per heavy atom. The summed E-state index contributed by atoms with van der Waals surface area (Å²) >= 11 is 0. The summed E-state index contributed by atoms with van der Waals surface area (Å²) in [5.41, 5.74) is 6.36. The van der Waals surface area contributed by atoms with Crippen LogP contribution in [0.1, 0.15) is 46.0 Å². The maximum absolute atomic E-state index is 3.20. The molecule has 0 rings (SSSR count). The van der Waals surface area contributed by atoms with Crippen LogP contribution in [-0.4, -0.2) is 13.1 Å². The van der Waals surface area contributed by atoms with Crippen molar-refractivity contribution in [3.05, 3.63) is 0 Å². The molecule has 0 saturated carbocycles. The van der Waals surface area contributed by atoms with E-state index in [1.807, 2.05) is 0 Å². The van der Waals surface area contributed by atoms with Crippen molar-refractivity contribution in [3.63, 3.8) is 0 Å². The van der Waals surface area contributed by atoms with Gasteiger partial charge in [-0.3, -0.25) is 10.9 Å². The predicted octanol–water partition coefficient (Wildman–Crippen LogP) is 2.07. The molecule has 0 radical (unpaired) electrons. The van der Waals surface area contributed by atoms with Crippen molar-refractivity contribution in [2.24, 2.45) is 0 Å². The van der Waals surface area contributed by atoms with E-state index in [0.717, 1.165) is 13.1 Å². The Morgan fingerprint density at radius 3 is 2.09 bits per heavy atom. The van der Waals surface area contributed by atoms with Crippen molar-refractivity contribution in [1.82, 2.24) is 10.9 Å². The average Bonchev–Trinajstić information content (AvgIpc) is 2.03. The number of nitrogens with one attached hydrogen (secondary N) is 2. The van der Waals surface area contributed by atoms with Crippen LogP contribution >= 0.6 is 0 Å². The Kier molecular flexibility index (Phi) is 9.85. The highest BCUT2D eigenvalue weighted by atomic mass is 15.3. The number of unbranched alkanes of at least 4 members (excludes halogenated alkanes) is 3. The Bertz CT molecular complexity index is 56.6. The van der Waals surface area contributed by atoms with E-state index in [1.54, 1.807) is 0 Å². The number of hydrogen-bond acceptors (Lipinski definition) is 2. The quantitative estimate of drug-likeness (QED) is 0.417. The van der Waals surface area contributed by atoms with Gasteiger partial charge in [-0.25, -0.2) is 0 Å². The van der Waals surface area contributed by atoms with Gasteiger partial charge >= 0.3 is 0 Å². The first-order chi connectivity index (χ1) is 5.41. The molecular weight excluding hydrogens is 136 g/mol. The molecule has 11 heavy (non-hydrogen) atoms. The van der Waals surface area contributed by atoms with Crippen LogP contribution in [0.3, 0.4) is 0 Å². The lowest BCUT2D eigenvalue weighted by Crippen LogP contribution is -2.32. The lowest BCUT2D eigenvalue weighted by Gasteiger charge is -2.04. The molecule has 0 aliphatic heterocycles. The van der Waals surface area contributed by atoms with Crippen molar-refractivity contribution in [2.75, 3.05) is 13.1 Å². The molecule has 0 bridgehead atoms. The molecule has 2 N–H and O–H groups in total. The normalized spacial score (nSPS) is 10.4. The summed E-state index contributed by atoms with van der Waals surface area (Å²) < 4.78 is 0.